The van der Waals surface area contributed by atoms with Crippen LogP contribution in [-0.4, -0.2) is 19.6 Å². The molecule has 1 aromatic carbocycles. The van der Waals surface area contributed by atoms with Crippen LogP contribution in [0.1, 0.15) is 0 Å². The molecule has 2 aromatic heterocycles. The molecule has 5 N–H and O–H groups in total. The topological polar surface area (TPSA) is 107 Å². The van der Waals surface area contributed by atoms with Crippen molar-refractivity contribution in [2.75, 3.05) is 11.2 Å². The van der Waals surface area contributed by atoms with E-state index in [9.17, 15) is 0 Å². The van der Waals surface area contributed by atoms with E-state index < -0.39 is 0 Å². The van der Waals surface area contributed by atoms with Gasteiger partial charge in [-0.25, -0.2) is 10.8 Å². The van der Waals surface area contributed by atoms with Crippen molar-refractivity contribution in [3.8, 4) is 0 Å². The number of rotatable bonds is 1. The van der Waals surface area contributed by atoms with Gasteiger partial charge in [0.15, 0.2) is 5.65 Å². The quantitative estimate of drug-likeness (QED) is 0.394. The average Bonchev–Trinajstić information content (AvgIpc) is 2.69. The summed E-state index contributed by atoms with van der Waals surface area (Å²) in [7, 11) is 0. The molecule has 0 amide bonds. The van der Waals surface area contributed by atoms with Crippen LogP contribution in [0.15, 0.2) is 24.3 Å². The number of nitrogen functional groups attached to an aromatic ring is 2. The molecule has 7 heteroatoms. The minimum Gasteiger partial charge on any atom is -0.366 e. The number of anilines is 2. The van der Waals surface area contributed by atoms with Crippen molar-refractivity contribution in [1.29, 1.82) is 0 Å². The van der Waals surface area contributed by atoms with E-state index in [4.69, 9.17) is 11.6 Å². The lowest BCUT2D eigenvalue weighted by molar-refractivity contribution is 0.935. The molecule has 0 fully saturated rings. The summed E-state index contributed by atoms with van der Waals surface area (Å²) in [4.78, 5) is 8.45. The number of hydrogen-bond acceptors (Lipinski definition) is 6. The second-order valence-electron chi connectivity index (χ2n) is 3.30. The fourth-order valence-corrected chi connectivity index (χ4v) is 1.67. The number of benzene rings is 1. The number of nitrogens with zero attached hydrogens (tertiary/aromatic N) is 4. The molecule has 0 aliphatic heterocycles. The molecule has 0 saturated heterocycles. The zero-order valence-electron chi connectivity index (χ0n) is 8.25. The Hall–Kier alpha value is -2.41. The highest BCUT2D eigenvalue weighted by molar-refractivity contribution is 5.92. The fourth-order valence-electron chi connectivity index (χ4n) is 1.67. The third kappa shape index (κ3) is 1.09. The van der Waals surface area contributed by atoms with Crippen molar-refractivity contribution < 1.29 is 0 Å². The molecule has 0 saturated carbocycles. The SMILES string of the molecule is NNc1nc2ccccc2c2nc(N)nn12. The van der Waals surface area contributed by atoms with Gasteiger partial charge in [0, 0.05) is 5.39 Å². The van der Waals surface area contributed by atoms with Gasteiger partial charge < -0.3 is 5.73 Å². The first kappa shape index (κ1) is 8.86. The fraction of sp³-hybridized carbons (Fsp3) is 0. The lowest BCUT2D eigenvalue weighted by Crippen LogP contribution is -2.13. The Morgan fingerprint density at radius 3 is 2.81 bits per heavy atom. The zero-order valence-corrected chi connectivity index (χ0v) is 8.25. The summed E-state index contributed by atoms with van der Waals surface area (Å²) in [6, 6.07) is 7.59. The van der Waals surface area contributed by atoms with Crippen LogP contribution < -0.4 is 17.0 Å². The van der Waals surface area contributed by atoms with Crippen LogP contribution in [0.2, 0.25) is 0 Å². The molecule has 0 aliphatic carbocycles. The summed E-state index contributed by atoms with van der Waals surface area (Å²) in [6.45, 7) is 0. The van der Waals surface area contributed by atoms with Gasteiger partial charge >= 0.3 is 0 Å². The van der Waals surface area contributed by atoms with Crippen molar-refractivity contribution >= 4 is 28.4 Å². The Bertz CT molecular complexity index is 672. The average molecular weight is 215 g/mol. The lowest BCUT2D eigenvalue weighted by Gasteiger charge is -2.04. The highest BCUT2D eigenvalue weighted by Gasteiger charge is 2.10. The molecule has 0 unspecified atom stereocenters. The third-order valence-electron chi connectivity index (χ3n) is 2.32. The Morgan fingerprint density at radius 1 is 1.19 bits per heavy atom. The maximum Gasteiger partial charge on any atom is 0.241 e. The van der Waals surface area contributed by atoms with E-state index in [1.807, 2.05) is 24.3 Å². The predicted octanol–water partition coefficient (Wildman–Crippen LogP) is 0.145. The largest absolute Gasteiger partial charge is 0.366 e. The summed E-state index contributed by atoms with van der Waals surface area (Å²) in [5.41, 5.74) is 9.46. The molecular formula is C9H9N7. The van der Waals surface area contributed by atoms with Gasteiger partial charge in [0.05, 0.1) is 5.52 Å². The van der Waals surface area contributed by atoms with Crippen molar-refractivity contribution in [3.05, 3.63) is 24.3 Å². The second kappa shape index (κ2) is 3.04. The summed E-state index contributed by atoms with van der Waals surface area (Å²) in [5.74, 6) is 5.96. The highest BCUT2D eigenvalue weighted by Crippen LogP contribution is 2.20. The van der Waals surface area contributed by atoms with E-state index >= 15 is 0 Å². The number of fused-ring (bicyclic) bond motifs is 3. The summed E-state index contributed by atoms with van der Waals surface area (Å²) >= 11 is 0. The Labute approximate surface area is 90.1 Å². The molecular weight excluding hydrogens is 206 g/mol. The normalized spacial score (nSPS) is 11.1. The molecule has 80 valence electrons. The first-order valence-corrected chi connectivity index (χ1v) is 4.67. The van der Waals surface area contributed by atoms with Crippen LogP contribution in [0.5, 0.6) is 0 Å². The number of nitrogens with one attached hydrogen (secondary N) is 1. The molecule has 2 heterocycles. The Morgan fingerprint density at radius 2 is 2.00 bits per heavy atom. The molecule has 0 spiro atoms. The standard InChI is InChI=1S/C9H9N7/c10-8-13-7-5-3-1-2-4-6(5)12-9(14-11)16(7)15-8/h1-4H,11H2,(H2,10,15)(H,12,14). The predicted molar refractivity (Wildman–Crippen MR) is 60.5 cm³/mol. The molecule has 3 rings (SSSR count). The van der Waals surface area contributed by atoms with Crippen LogP contribution in [-0.2, 0) is 0 Å². The summed E-state index contributed by atoms with van der Waals surface area (Å²) in [6.07, 6.45) is 0. The Balaban J connectivity index is 2.56. The highest BCUT2D eigenvalue weighted by atomic mass is 15.4. The van der Waals surface area contributed by atoms with Gasteiger partial charge in [-0.3, -0.25) is 5.43 Å². The summed E-state index contributed by atoms with van der Waals surface area (Å²) in [5, 5.41) is 4.89. The zero-order chi connectivity index (χ0) is 11.1. The van der Waals surface area contributed by atoms with Crippen molar-refractivity contribution in [2.24, 2.45) is 5.84 Å². The lowest BCUT2D eigenvalue weighted by atomic mass is 10.2. The van der Waals surface area contributed by atoms with E-state index in [-0.39, 0.29) is 5.95 Å². The molecule has 0 aliphatic rings. The third-order valence-corrected chi connectivity index (χ3v) is 2.32. The Kier molecular flexibility index (Phi) is 1.68. The molecule has 16 heavy (non-hydrogen) atoms. The van der Waals surface area contributed by atoms with E-state index in [2.05, 4.69) is 20.5 Å². The van der Waals surface area contributed by atoms with Crippen LogP contribution in [0, 0.1) is 0 Å². The maximum absolute atomic E-state index is 5.57. The van der Waals surface area contributed by atoms with Gasteiger partial charge in [-0.15, -0.1) is 5.10 Å². The number of para-hydroxylation sites is 1. The van der Waals surface area contributed by atoms with Crippen LogP contribution >= 0.6 is 0 Å². The summed E-state index contributed by atoms with van der Waals surface area (Å²) < 4.78 is 1.48. The molecule has 0 radical (unpaired) electrons. The monoisotopic (exact) mass is 215 g/mol. The van der Waals surface area contributed by atoms with Gasteiger partial charge in [-0.1, -0.05) is 12.1 Å². The number of hydrazine groups is 1. The van der Waals surface area contributed by atoms with Crippen LogP contribution in [0.25, 0.3) is 16.6 Å². The number of aromatic nitrogens is 4. The van der Waals surface area contributed by atoms with Gasteiger partial charge in [0.1, 0.15) is 0 Å². The molecule has 0 bridgehead atoms. The first-order valence-electron chi connectivity index (χ1n) is 4.67. The van der Waals surface area contributed by atoms with Gasteiger partial charge in [-0.2, -0.15) is 9.50 Å². The van der Waals surface area contributed by atoms with Crippen molar-refractivity contribution in [1.82, 2.24) is 19.6 Å². The first-order chi connectivity index (χ1) is 7.79. The molecule has 7 nitrogen and oxygen atoms in total. The minimum atomic E-state index is 0.189. The molecule has 0 atom stereocenters. The van der Waals surface area contributed by atoms with E-state index in [0.29, 0.717) is 11.6 Å². The van der Waals surface area contributed by atoms with Crippen molar-refractivity contribution in [3.63, 3.8) is 0 Å². The van der Waals surface area contributed by atoms with Gasteiger partial charge in [-0.05, 0) is 12.1 Å². The number of nitrogens with two attached hydrogens (primary N) is 2. The van der Waals surface area contributed by atoms with Crippen LogP contribution in [0.3, 0.4) is 0 Å². The van der Waals surface area contributed by atoms with Crippen LogP contribution in [0.4, 0.5) is 11.9 Å². The minimum absolute atomic E-state index is 0.189. The number of hydrogen-bond donors (Lipinski definition) is 3. The van der Waals surface area contributed by atoms with E-state index in [0.717, 1.165) is 10.9 Å². The van der Waals surface area contributed by atoms with Gasteiger partial charge in [0.2, 0.25) is 11.9 Å². The van der Waals surface area contributed by atoms with E-state index in [1.54, 1.807) is 0 Å². The maximum atomic E-state index is 5.57. The smallest absolute Gasteiger partial charge is 0.241 e. The van der Waals surface area contributed by atoms with E-state index in [1.165, 1.54) is 4.52 Å². The molecule has 3 aromatic rings. The second-order valence-corrected chi connectivity index (χ2v) is 3.30. The van der Waals surface area contributed by atoms with Gasteiger partial charge in [0.25, 0.3) is 0 Å². The van der Waals surface area contributed by atoms with Crippen molar-refractivity contribution in [2.45, 2.75) is 0 Å².